The van der Waals surface area contributed by atoms with E-state index < -0.39 is 17.8 Å². The minimum atomic E-state index is -0.807. The Morgan fingerprint density at radius 3 is 2.58 bits per heavy atom. The van der Waals surface area contributed by atoms with Crippen molar-refractivity contribution < 1.29 is 19.1 Å². The van der Waals surface area contributed by atoms with E-state index in [-0.39, 0.29) is 5.76 Å². The van der Waals surface area contributed by atoms with Crippen LogP contribution in [-0.4, -0.2) is 17.8 Å². The second-order valence-electron chi connectivity index (χ2n) is 5.12. The van der Waals surface area contributed by atoms with Crippen molar-refractivity contribution in [2.75, 3.05) is 4.90 Å². The summed E-state index contributed by atoms with van der Waals surface area (Å²) in [6.45, 7) is 8.83. The predicted octanol–water partition coefficient (Wildman–Crippen LogP) is 3.55. The molecule has 0 aliphatic carbocycles. The van der Waals surface area contributed by atoms with Gasteiger partial charge in [-0.25, -0.2) is 9.59 Å². The zero-order valence-corrected chi connectivity index (χ0v) is 11.1. The fourth-order valence-corrected chi connectivity index (χ4v) is 1.69. The van der Waals surface area contributed by atoms with Crippen molar-refractivity contribution in [3.63, 3.8) is 0 Å². The summed E-state index contributed by atoms with van der Waals surface area (Å²) in [5.41, 5.74) is 0.312. The minimum absolute atomic E-state index is 0.223. The van der Waals surface area contributed by atoms with Gasteiger partial charge in [0, 0.05) is 5.56 Å². The summed E-state index contributed by atoms with van der Waals surface area (Å²) < 4.78 is 10.1. The van der Waals surface area contributed by atoms with Crippen LogP contribution in [0.25, 0.3) is 5.76 Å². The lowest BCUT2D eigenvalue weighted by molar-refractivity contribution is 0.0579. The molecule has 2 rings (SSSR count). The molecule has 1 aliphatic rings. The quantitative estimate of drug-likeness (QED) is 0.716. The summed E-state index contributed by atoms with van der Waals surface area (Å²) in [4.78, 5) is 24.8. The standard InChI is InChI=1S/C14H15NO4/c1-9-10-7-5-6-8-11(10)15(12(16)18-9)13(17)19-14(2,3)4/h5-8H,1H2,2-4H3. The molecule has 100 valence electrons. The van der Waals surface area contributed by atoms with Crippen LogP contribution in [0.15, 0.2) is 30.8 Å². The van der Waals surface area contributed by atoms with Gasteiger partial charge in [-0.2, -0.15) is 4.90 Å². The van der Waals surface area contributed by atoms with Gasteiger partial charge >= 0.3 is 12.2 Å². The van der Waals surface area contributed by atoms with Gasteiger partial charge in [-0.05, 0) is 32.9 Å². The fraction of sp³-hybridized carbons (Fsp3) is 0.286. The number of para-hydroxylation sites is 1. The molecule has 1 aliphatic heterocycles. The summed E-state index contributed by atoms with van der Waals surface area (Å²) >= 11 is 0. The summed E-state index contributed by atoms with van der Waals surface area (Å²) in [5.74, 6) is 0.223. The van der Waals surface area contributed by atoms with Crippen LogP contribution < -0.4 is 4.90 Å². The molecule has 0 bridgehead atoms. The number of nitrogens with zero attached hydrogens (tertiary/aromatic N) is 1. The first-order chi connectivity index (χ1) is 8.79. The van der Waals surface area contributed by atoms with Crippen LogP contribution in [0.1, 0.15) is 26.3 Å². The SMILES string of the molecule is C=C1OC(=O)N(C(=O)OC(C)(C)C)c2ccccc21. The highest BCUT2D eigenvalue weighted by Gasteiger charge is 2.36. The predicted molar refractivity (Wildman–Crippen MR) is 70.7 cm³/mol. The number of ether oxygens (including phenoxy) is 2. The van der Waals surface area contributed by atoms with Crippen LogP contribution in [0.4, 0.5) is 15.3 Å². The molecule has 1 heterocycles. The van der Waals surface area contributed by atoms with E-state index in [1.807, 2.05) is 0 Å². The van der Waals surface area contributed by atoms with E-state index in [0.717, 1.165) is 4.90 Å². The monoisotopic (exact) mass is 261 g/mol. The van der Waals surface area contributed by atoms with Gasteiger partial charge in [0.2, 0.25) is 0 Å². The number of cyclic esters (lactones) is 1. The number of rotatable bonds is 0. The maximum atomic E-state index is 12.1. The maximum absolute atomic E-state index is 12.1. The second kappa shape index (κ2) is 4.42. The van der Waals surface area contributed by atoms with Gasteiger partial charge in [-0.1, -0.05) is 18.7 Å². The normalized spacial score (nSPS) is 14.8. The Morgan fingerprint density at radius 2 is 1.95 bits per heavy atom. The van der Waals surface area contributed by atoms with Crippen LogP contribution >= 0.6 is 0 Å². The van der Waals surface area contributed by atoms with Gasteiger partial charge in [0.25, 0.3) is 0 Å². The molecular formula is C14H15NO4. The summed E-state index contributed by atoms with van der Waals surface area (Å²) in [7, 11) is 0. The van der Waals surface area contributed by atoms with Gasteiger partial charge in [0.05, 0.1) is 5.69 Å². The number of hydrogen-bond donors (Lipinski definition) is 0. The lowest BCUT2D eigenvalue weighted by Crippen LogP contribution is -2.43. The van der Waals surface area contributed by atoms with Crippen molar-refractivity contribution in [3.05, 3.63) is 36.4 Å². The van der Waals surface area contributed by atoms with E-state index in [2.05, 4.69) is 6.58 Å². The Balaban J connectivity index is 2.40. The number of benzene rings is 1. The largest absolute Gasteiger partial charge is 0.443 e. The maximum Gasteiger partial charge on any atom is 0.429 e. The fourth-order valence-electron chi connectivity index (χ4n) is 1.69. The second-order valence-corrected chi connectivity index (χ2v) is 5.12. The van der Waals surface area contributed by atoms with Crippen LogP contribution in [0.3, 0.4) is 0 Å². The number of carbonyl (C=O) groups is 2. The molecule has 1 aromatic rings. The third-order valence-electron chi connectivity index (χ3n) is 2.41. The van der Waals surface area contributed by atoms with Crippen molar-refractivity contribution in [1.29, 1.82) is 0 Å². The summed E-state index contributed by atoms with van der Waals surface area (Å²) in [6, 6.07) is 6.87. The first kappa shape index (κ1) is 13.1. The summed E-state index contributed by atoms with van der Waals surface area (Å²) in [5, 5.41) is 0. The molecule has 19 heavy (non-hydrogen) atoms. The molecule has 1 aromatic carbocycles. The van der Waals surface area contributed by atoms with Gasteiger partial charge in [0.15, 0.2) is 0 Å². The van der Waals surface area contributed by atoms with E-state index in [9.17, 15) is 9.59 Å². The van der Waals surface area contributed by atoms with E-state index >= 15 is 0 Å². The Kier molecular flexibility index (Phi) is 3.06. The third kappa shape index (κ3) is 2.59. The Hall–Kier alpha value is -2.30. The molecule has 0 fully saturated rings. The smallest absolute Gasteiger partial charge is 0.429 e. The highest BCUT2D eigenvalue weighted by Crippen LogP contribution is 2.33. The average molecular weight is 261 g/mol. The molecule has 0 radical (unpaired) electrons. The zero-order valence-electron chi connectivity index (χ0n) is 11.1. The molecule has 0 spiro atoms. The molecule has 0 aromatic heterocycles. The van der Waals surface area contributed by atoms with Gasteiger partial charge in [0.1, 0.15) is 11.4 Å². The van der Waals surface area contributed by atoms with Crippen LogP contribution in [-0.2, 0) is 9.47 Å². The Labute approximate surface area is 111 Å². The van der Waals surface area contributed by atoms with Crippen molar-refractivity contribution in [2.45, 2.75) is 26.4 Å². The lowest BCUT2D eigenvalue weighted by atomic mass is 10.1. The Morgan fingerprint density at radius 1 is 1.32 bits per heavy atom. The first-order valence-electron chi connectivity index (χ1n) is 5.83. The molecule has 0 atom stereocenters. The molecule has 5 nitrogen and oxygen atoms in total. The van der Waals surface area contributed by atoms with E-state index in [4.69, 9.17) is 9.47 Å². The highest BCUT2D eigenvalue weighted by molar-refractivity contribution is 6.14. The zero-order chi connectivity index (χ0) is 14.2. The van der Waals surface area contributed by atoms with E-state index in [1.54, 1.807) is 45.0 Å². The Bertz CT molecular complexity index is 557. The van der Waals surface area contributed by atoms with E-state index in [0.29, 0.717) is 11.3 Å². The molecule has 0 N–H and O–H groups in total. The van der Waals surface area contributed by atoms with Crippen LogP contribution in [0.5, 0.6) is 0 Å². The highest BCUT2D eigenvalue weighted by atomic mass is 16.6. The molecule has 2 amide bonds. The van der Waals surface area contributed by atoms with Crippen molar-refractivity contribution in [3.8, 4) is 0 Å². The van der Waals surface area contributed by atoms with Gasteiger partial charge < -0.3 is 9.47 Å². The van der Waals surface area contributed by atoms with Gasteiger partial charge in [-0.15, -0.1) is 0 Å². The molecular weight excluding hydrogens is 246 g/mol. The van der Waals surface area contributed by atoms with Gasteiger partial charge in [-0.3, -0.25) is 0 Å². The molecule has 5 heteroatoms. The number of carbonyl (C=O) groups excluding carboxylic acids is 2. The number of amides is 2. The lowest BCUT2D eigenvalue weighted by Gasteiger charge is -2.30. The molecule has 0 saturated carbocycles. The average Bonchev–Trinajstić information content (AvgIpc) is 2.26. The molecule has 0 saturated heterocycles. The van der Waals surface area contributed by atoms with E-state index in [1.165, 1.54) is 0 Å². The number of anilines is 1. The number of hydrogen-bond acceptors (Lipinski definition) is 4. The topological polar surface area (TPSA) is 55.8 Å². The van der Waals surface area contributed by atoms with Crippen molar-refractivity contribution in [1.82, 2.24) is 0 Å². The van der Waals surface area contributed by atoms with Crippen LogP contribution in [0.2, 0.25) is 0 Å². The van der Waals surface area contributed by atoms with Crippen molar-refractivity contribution >= 4 is 23.6 Å². The summed E-state index contributed by atoms with van der Waals surface area (Å²) in [6.07, 6.45) is -1.57. The van der Waals surface area contributed by atoms with Crippen molar-refractivity contribution in [2.24, 2.45) is 0 Å². The number of fused-ring (bicyclic) bond motifs is 1. The number of imide groups is 1. The first-order valence-corrected chi connectivity index (χ1v) is 5.83. The van der Waals surface area contributed by atoms with Crippen LogP contribution in [0, 0.1) is 0 Å². The third-order valence-corrected chi connectivity index (χ3v) is 2.41. The molecule has 0 unspecified atom stereocenters. The minimum Gasteiger partial charge on any atom is -0.443 e.